The zero-order valence-electron chi connectivity index (χ0n) is 12.2. The highest BCUT2D eigenvalue weighted by molar-refractivity contribution is 5.44. The summed E-state index contributed by atoms with van der Waals surface area (Å²) in [6, 6.07) is 8.39. The van der Waals surface area contributed by atoms with Gasteiger partial charge in [0.1, 0.15) is 11.5 Å². The number of pyridine rings is 1. The van der Waals surface area contributed by atoms with Crippen molar-refractivity contribution in [3.63, 3.8) is 0 Å². The molecular weight excluding hydrogens is 270 g/mol. The van der Waals surface area contributed by atoms with E-state index in [1.54, 1.807) is 19.2 Å². The van der Waals surface area contributed by atoms with Crippen molar-refractivity contribution in [3.05, 3.63) is 57.9 Å². The molecule has 0 spiro atoms. The summed E-state index contributed by atoms with van der Waals surface area (Å²) in [5, 5.41) is 13.8. The van der Waals surface area contributed by atoms with Crippen molar-refractivity contribution >= 4 is 5.69 Å². The molecule has 0 saturated heterocycles. The lowest BCUT2D eigenvalue weighted by Crippen LogP contribution is -2.13. The Labute approximate surface area is 122 Å². The molecule has 110 valence electrons. The summed E-state index contributed by atoms with van der Waals surface area (Å²) in [6.45, 7) is 3.79. The summed E-state index contributed by atoms with van der Waals surface area (Å²) in [4.78, 5) is 14.6. The fourth-order valence-electron chi connectivity index (χ4n) is 1.84. The predicted octanol–water partition coefficient (Wildman–Crippen LogP) is 3.37. The fourth-order valence-corrected chi connectivity index (χ4v) is 1.84. The predicted molar refractivity (Wildman–Crippen MR) is 79.6 cm³/mol. The zero-order chi connectivity index (χ0) is 15.4. The van der Waals surface area contributed by atoms with E-state index >= 15 is 0 Å². The van der Waals surface area contributed by atoms with Gasteiger partial charge in [-0.05, 0) is 44.7 Å². The van der Waals surface area contributed by atoms with Crippen LogP contribution in [0.1, 0.15) is 24.2 Å². The van der Waals surface area contributed by atoms with Gasteiger partial charge in [0.25, 0.3) is 5.69 Å². The Bertz CT molecular complexity index is 641. The van der Waals surface area contributed by atoms with Crippen molar-refractivity contribution in [1.82, 2.24) is 10.3 Å². The minimum atomic E-state index is -0.424. The Morgan fingerprint density at radius 1 is 1.33 bits per heavy atom. The van der Waals surface area contributed by atoms with Crippen molar-refractivity contribution in [2.24, 2.45) is 0 Å². The van der Waals surface area contributed by atoms with Crippen LogP contribution in [0.5, 0.6) is 11.5 Å². The molecule has 0 bridgehead atoms. The van der Waals surface area contributed by atoms with Gasteiger partial charge in [-0.15, -0.1) is 0 Å². The monoisotopic (exact) mass is 287 g/mol. The summed E-state index contributed by atoms with van der Waals surface area (Å²) < 4.78 is 5.71. The van der Waals surface area contributed by atoms with E-state index in [9.17, 15) is 10.1 Å². The third kappa shape index (κ3) is 3.55. The summed E-state index contributed by atoms with van der Waals surface area (Å²) >= 11 is 0. The molecule has 1 heterocycles. The Morgan fingerprint density at radius 3 is 2.62 bits per heavy atom. The number of aryl methyl sites for hydroxylation is 1. The van der Waals surface area contributed by atoms with Gasteiger partial charge >= 0.3 is 0 Å². The number of nitrogens with zero attached hydrogens (tertiary/aromatic N) is 2. The second-order valence-electron chi connectivity index (χ2n) is 4.74. The van der Waals surface area contributed by atoms with Gasteiger partial charge in [-0.1, -0.05) is 0 Å². The van der Waals surface area contributed by atoms with Crippen LogP contribution in [0.25, 0.3) is 0 Å². The molecule has 2 aromatic rings. The lowest BCUT2D eigenvalue weighted by Gasteiger charge is -2.11. The number of hydrogen-bond donors (Lipinski definition) is 1. The Kier molecular flexibility index (Phi) is 4.49. The smallest absolute Gasteiger partial charge is 0.269 e. The number of aromatic nitrogens is 1. The largest absolute Gasteiger partial charge is 0.455 e. The number of hydrogen-bond acceptors (Lipinski definition) is 5. The lowest BCUT2D eigenvalue weighted by atomic mass is 10.2. The second kappa shape index (κ2) is 6.32. The van der Waals surface area contributed by atoms with E-state index < -0.39 is 4.92 Å². The van der Waals surface area contributed by atoms with Gasteiger partial charge < -0.3 is 10.1 Å². The molecule has 0 saturated carbocycles. The molecule has 0 aliphatic rings. The van der Waals surface area contributed by atoms with Crippen LogP contribution < -0.4 is 10.1 Å². The fraction of sp³-hybridized carbons (Fsp3) is 0.267. The van der Waals surface area contributed by atoms with Gasteiger partial charge in [0.2, 0.25) is 0 Å². The molecule has 6 nitrogen and oxygen atoms in total. The topological polar surface area (TPSA) is 77.3 Å². The number of nitro benzene ring substituents is 1. The van der Waals surface area contributed by atoms with Crippen molar-refractivity contribution in [1.29, 1.82) is 0 Å². The van der Waals surface area contributed by atoms with E-state index in [2.05, 4.69) is 10.3 Å². The third-order valence-electron chi connectivity index (χ3n) is 3.23. The van der Waals surface area contributed by atoms with Crippen LogP contribution in [0.3, 0.4) is 0 Å². The number of nitro groups is 1. The number of nitrogens with one attached hydrogen (secondary N) is 1. The van der Waals surface area contributed by atoms with Crippen molar-refractivity contribution < 1.29 is 9.66 Å². The van der Waals surface area contributed by atoms with Crippen molar-refractivity contribution in [2.45, 2.75) is 19.9 Å². The van der Waals surface area contributed by atoms with Crippen LogP contribution in [0, 0.1) is 17.0 Å². The number of benzene rings is 1. The maximum Gasteiger partial charge on any atom is 0.269 e. The van der Waals surface area contributed by atoms with Gasteiger partial charge in [0, 0.05) is 18.2 Å². The van der Waals surface area contributed by atoms with E-state index in [1.807, 2.05) is 26.1 Å². The van der Waals surface area contributed by atoms with Crippen LogP contribution in [-0.4, -0.2) is 17.0 Å². The molecule has 0 amide bonds. The zero-order valence-corrected chi connectivity index (χ0v) is 12.2. The Balaban J connectivity index is 2.16. The van der Waals surface area contributed by atoms with Gasteiger partial charge in [-0.3, -0.25) is 15.1 Å². The average Bonchev–Trinajstić information content (AvgIpc) is 2.49. The van der Waals surface area contributed by atoms with Crippen molar-refractivity contribution in [2.75, 3.05) is 7.05 Å². The first-order chi connectivity index (χ1) is 10.0. The van der Waals surface area contributed by atoms with Gasteiger partial charge in [0.15, 0.2) is 0 Å². The summed E-state index contributed by atoms with van der Waals surface area (Å²) in [7, 11) is 1.87. The molecule has 6 heteroatoms. The molecule has 1 aromatic carbocycles. The Morgan fingerprint density at radius 2 is 2.10 bits per heavy atom. The maximum absolute atomic E-state index is 10.7. The van der Waals surface area contributed by atoms with E-state index in [4.69, 9.17) is 4.74 Å². The van der Waals surface area contributed by atoms with Crippen LogP contribution in [0.15, 0.2) is 36.5 Å². The first-order valence-electron chi connectivity index (χ1n) is 6.57. The normalized spacial score (nSPS) is 12.0. The van der Waals surface area contributed by atoms with Crippen LogP contribution in [-0.2, 0) is 0 Å². The first kappa shape index (κ1) is 14.9. The van der Waals surface area contributed by atoms with Crippen molar-refractivity contribution in [3.8, 4) is 11.5 Å². The molecular formula is C15H17N3O3. The molecule has 0 radical (unpaired) electrons. The summed E-state index contributed by atoms with van der Waals surface area (Å²) in [6.07, 6.45) is 1.64. The molecule has 0 fully saturated rings. The molecule has 0 aliphatic carbocycles. The molecule has 1 N–H and O–H groups in total. The minimum absolute atomic E-state index is 0.0520. The highest BCUT2D eigenvalue weighted by atomic mass is 16.6. The molecule has 1 unspecified atom stereocenters. The molecule has 0 aliphatic heterocycles. The van der Waals surface area contributed by atoms with E-state index in [-0.39, 0.29) is 11.7 Å². The highest BCUT2D eigenvalue weighted by Gasteiger charge is 2.10. The minimum Gasteiger partial charge on any atom is -0.455 e. The lowest BCUT2D eigenvalue weighted by molar-refractivity contribution is -0.384. The molecule has 21 heavy (non-hydrogen) atoms. The van der Waals surface area contributed by atoms with Crippen LogP contribution >= 0.6 is 0 Å². The van der Waals surface area contributed by atoms with Gasteiger partial charge in [-0.25, -0.2) is 0 Å². The standard InChI is InChI=1S/C15H17N3O3/c1-10-8-12(18(19)20)4-7-15(10)21-13-5-6-14(17-9-13)11(2)16-3/h4-9,11,16H,1-3H3. The van der Waals surface area contributed by atoms with E-state index in [0.29, 0.717) is 17.1 Å². The van der Waals surface area contributed by atoms with E-state index in [1.165, 1.54) is 12.1 Å². The number of non-ortho nitro benzene ring substituents is 1. The maximum atomic E-state index is 10.7. The SMILES string of the molecule is CNC(C)c1ccc(Oc2ccc([N+](=O)[O-])cc2C)cn1. The average molecular weight is 287 g/mol. The van der Waals surface area contributed by atoms with Gasteiger partial charge in [-0.2, -0.15) is 0 Å². The summed E-state index contributed by atoms with van der Waals surface area (Å²) in [5.41, 5.74) is 1.68. The molecule has 1 atom stereocenters. The molecule has 1 aromatic heterocycles. The second-order valence-corrected chi connectivity index (χ2v) is 4.74. The highest BCUT2D eigenvalue weighted by Crippen LogP contribution is 2.28. The van der Waals surface area contributed by atoms with Crippen LogP contribution in [0.2, 0.25) is 0 Å². The van der Waals surface area contributed by atoms with Crippen LogP contribution in [0.4, 0.5) is 5.69 Å². The van der Waals surface area contributed by atoms with E-state index in [0.717, 1.165) is 5.69 Å². The molecule has 2 rings (SSSR count). The third-order valence-corrected chi connectivity index (χ3v) is 3.23. The quantitative estimate of drug-likeness (QED) is 0.674. The van der Waals surface area contributed by atoms with Gasteiger partial charge in [0.05, 0.1) is 16.8 Å². The number of ether oxygens (including phenoxy) is 1. The summed E-state index contributed by atoms with van der Waals surface area (Å²) in [5.74, 6) is 1.18. The Hall–Kier alpha value is -2.47. The first-order valence-corrected chi connectivity index (χ1v) is 6.57. The number of rotatable bonds is 5.